The van der Waals surface area contributed by atoms with Crippen LogP contribution in [0.1, 0.15) is 18.7 Å². The third kappa shape index (κ3) is 1.95. The molecular weight excluding hydrogens is 246 g/mol. The summed E-state index contributed by atoms with van der Waals surface area (Å²) in [6, 6.07) is 9.58. The Morgan fingerprint density at radius 1 is 1.22 bits per heavy atom. The minimum absolute atomic E-state index is 0.318. The van der Waals surface area contributed by atoms with E-state index in [1.165, 1.54) is 0 Å². The Balaban J connectivity index is 2.26. The van der Waals surface area contributed by atoms with Crippen LogP contribution in [0, 0.1) is 5.41 Å². The minimum atomic E-state index is 0.318. The number of nitrogens with zero attached hydrogens (tertiary/aromatic N) is 2. The van der Waals surface area contributed by atoms with Gasteiger partial charge in [-0.3, -0.25) is 5.41 Å². The molecule has 0 amide bonds. The van der Waals surface area contributed by atoms with Gasteiger partial charge in [0.2, 0.25) is 0 Å². The first-order chi connectivity index (χ1) is 8.75. The molecule has 1 aromatic carbocycles. The number of rotatable bonds is 1. The number of nitrogens with one attached hydrogen (secondary N) is 1. The highest BCUT2D eigenvalue weighted by atomic mass is 35.5. The van der Waals surface area contributed by atoms with Crippen LogP contribution >= 0.6 is 11.6 Å². The van der Waals surface area contributed by atoms with Crippen molar-refractivity contribution in [2.75, 3.05) is 0 Å². The zero-order valence-corrected chi connectivity index (χ0v) is 10.7. The molecule has 0 atom stereocenters. The van der Waals surface area contributed by atoms with Crippen LogP contribution < -0.4 is 5.49 Å². The third-order valence-corrected chi connectivity index (χ3v) is 3.64. The van der Waals surface area contributed by atoms with Gasteiger partial charge in [-0.05, 0) is 18.9 Å². The van der Waals surface area contributed by atoms with E-state index in [-0.39, 0.29) is 0 Å². The summed E-state index contributed by atoms with van der Waals surface area (Å²) >= 11 is 6.26. The number of aryl methyl sites for hydroxylation is 1. The number of halogens is 1. The molecule has 3 rings (SSSR count). The van der Waals surface area contributed by atoms with Gasteiger partial charge in [-0.25, -0.2) is 4.98 Å². The molecule has 0 spiro atoms. The molecule has 2 heterocycles. The second kappa shape index (κ2) is 4.58. The van der Waals surface area contributed by atoms with Crippen molar-refractivity contribution in [3.8, 4) is 11.3 Å². The zero-order chi connectivity index (χ0) is 12.5. The summed E-state index contributed by atoms with van der Waals surface area (Å²) in [5.74, 6) is 1.00. The molecule has 0 fully saturated rings. The average Bonchev–Trinajstić information content (AvgIpc) is 2.38. The first-order valence-electron chi connectivity index (χ1n) is 6.16. The van der Waals surface area contributed by atoms with Crippen LogP contribution in [-0.4, -0.2) is 9.55 Å². The lowest BCUT2D eigenvalue weighted by Crippen LogP contribution is -2.22. The number of fused-ring (bicyclic) bond motifs is 1. The zero-order valence-electron chi connectivity index (χ0n) is 9.99. The minimum Gasteiger partial charge on any atom is -0.329 e. The fraction of sp³-hybridized carbons (Fsp3) is 0.286. The van der Waals surface area contributed by atoms with E-state index in [0.717, 1.165) is 47.9 Å². The van der Waals surface area contributed by atoms with Crippen LogP contribution in [0.2, 0.25) is 5.02 Å². The van der Waals surface area contributed by atoms with E-state index in [4.69, 9.17) is 17.0 Å². The van der Waals surface area contributed by atoms with E-state index < -0.39 is 0 Å². The highest BCUT2D eigenvalue weighted by Gasteiger charge is 2.15. The molecule has 1 aliphatic heterocycles. The summed E-state index contributed by atoms with van der Waals surface area (Å²) < 4.78 is 2.20. The van der Waals surface area contributed by atoms with Gasteiger partial charge in [-0.1, -0.05) is 29.8 Å². The van der Waals surface area contributed by atoms with E-state index in [9.17, 15) is 0 Å². The maximum Gasteiger partial charge on any atom is 0.148 e. The summed E-state index contributed by atoms with van der Waals surface area (Å²) in [6.07, 6.45) is 3.26. The lowest BCUT2D eigenvalue weighted by molar-refractivity contribution is 0.508. The van der Waals surface area contributed by atoms with Gasteiger partial charge in [0.1, 0.15) is 11.3 Å². The van der Waals surface area contributed by atoms with Crippen LogP contribution in [0.25, 0.3) is 11.3 Å². The van der Waals surface area contributed by atoms with Crippen LogP contribution in [0.4, 0.5) is 0 Å². The molecule has 0 radical (unpaired) electrons. The Bertz CT molecular complexity index is 646. The molecule has 92 valence electrons. The number of benzene rings is 1. The van der Waals surface area contributed by atoms with Crippen molar-refractivity contribution in [3.63, 3.8) is 0 Å². The van der Waals surface area contributed by atoms with Gasteiger partial charge < -0.3 is 4.57 Å². The van der Waals surface area contributed by atoms with Gasteiger partial charge in [0, 0.05) is 29.6 Å². The summed E-state index contributed by atoms with van der Waals surface area (Å²) in [4.78, 5) is 4.32. The van der Waals surface area contributed by atoms with E-state index in [1.807, 2.05) is 24.3 Å². The number of hydrogen-bond donors (Lipinski definition) is 1. The lowest BCUT2D eigenvalue weighted by atomic mass is 10.1. The summed E-state index contributed by atoms with van der Waals surface area (Å²) in [6.45, 7) is 0.961. The Morgan fingerprint density at radius 3 is 2.89 bits per heavy atom. The summed E-state index contributed by atoms with van der Waals surface area (Å²) in [7, 11) is 0. The average molecular weight is 260 g/mol. The number of aromatic nitrogens is 2. The predicted molar refractivity (Wildman–Crippen MR) is 71.5 cm³/mol. The van der Waals surface area contributed by atoms with Gasteiger partial charge in [-0.15, -0.1) is 0 Å². The van der Waals surface area contributed by atoms with Crippen molar-refractivity contribution in [1.82, 2.24) is 9.55 Å². The highest BCUT2D eigenvalue weighted by Crippen LogP contribution is 2.28. The maximum atomic E-state index is 7.83. The molecule has 1 N–H and O–H groups in total. The predicted octanol–water partition coefficient (Wildman–Crippen LogP) is 3.02. The fourth-order valence-electron chi connectivity index (χ4n) is 2.46. The molecule has 1 aliphatic rings. The van der Waals surface area contributed by atoms with Crippen LogP contribution in [-0.2, 0) is 13.0 Å². The SMILES string of the molecule is N=c1cc(-c2ccccc2Cl)n2c(n1)CCCC2. The van der Waals surface area contributed by atoms with Gasteiger partial charge in [-0.2, -0.15) is 0 Å². The largest absolute Gasteiger partial charge is 0.329 e. The van der Waals surface area contributed by atoms with Crippen molar-refractivity contribution in [2.24, 2.45) is 0 Å². The quantitative estimate of drug-likeness (QED) is 0.840. The van der Waals surface area contributed by atoms with Crippen LogP contribution in [0.3, 0.4) is 0 Å². The van der Waals surface area contributed by atoms with Crippen molar-refractivity contribution in [2.45, 2.75) is 25.8 Å². The van der Waals surface area contributed by atoms with Gasteiger partial charge in [0.15, 0.2) is 0 Å². The van der Waals surface area contributed by atoms with Gasteiger partial charge in [0.05, 0.1) is 5.69 Å². The van der Waals surface area contributed by atoms with E-state index >= 15 is 0 Å². The fourth-order valence-corrected chi connectivity index (χ4v) is 2.70. The van der Waals surface area contributed by atoms with Crippen molar-refractivity contribution in [3.05, 3.63) is 46.7 Å². The Hall–Kier alpha value is -1.61. The van der Waals surface area contributed by atoms with Gasteiger partial charge >= 0.3 is 0 Å². The summed E-state index contributed by atoms with van der Waals surface area (Å²) in [5, 5.41) is 8.55. The van der Waals surface area contributed by atoms with E-state index in [0.29, 0.717) is 5.49 Å². The number of hydrogen-bond acceptors (Lipinski definition) is 2. The Labute approximate surface area is 111 Å². The molecule has 0 saturated heterocycles. The normalized spacial score (nSPS) is 14.3. The molecule has 2 aromatic rings. The second-order valence-electron chi connectivity index (χ2n) is 4.53. The molecule has 0 saturated carbocycles. The monoisotopic (exact) mass is 259 g/mol. The molecule has 3 nitrogen and oxygen atoms in total. The first kappa shape index (κ1) is 11.5. The summed E-state index contributed by atoms with van der Waals surface area (Å²) in [5.41, 5.74) is 2.31. The molecule has 18 heavy (non-hydrogen) atoms. The smallest absolute Gasteiger partial charge is 0.148 e. The Kier molecular flexibility index (Phi) is 2.92. The lowest BCUT2D eigenvalue weighted by Gasteiger charge is -2.22. The van der Waals surface area contributed by atoms with Crippen molar-refractivity contribution >= 4 is 11.6 Å². The van der Waals surface area contributed by atoms with Crippen molar-refractivity contribution < 1.29 is 0 Å². The second-order valence-corrected chi connectivity index (χ2v) is 4.94. The highest BCUT2D eigenvalue weighted by molar-refractivity contribution is 6.33. The molecule has 4 heteroatoms. The Morgan fingerprint density at radius 2 is 2.06 bits per heavy atom. The molecular formula is C14H14ClN3. The first-order valence-corrected chi connectivity index (χ1v) is 6.54. The molecule has 1 aromatic heterocycles. The standard InChI is InChI=1S/C14H14ClN3/c15-11-6-2-1-5-10(11)12-9-13(16)17-14-7-3-4-8-18(12)14/h1-2,5-6,9,16H,3-4,7-8H2. The molecule has 0 bridgehead atoms. The topological polar surface area (TPSA) is 41.7 Å². The van der Waals surface area contributed by atoms with E-state index in [2.05, 4.69) is 9.55 Å². The van der Waals surface area contributed by atoms with Crippen molar-refractivity contribution in [1.29, 1.82) is 5.41 Å². The van der Waals surface area contributed by atoms with Crippen LogP contribution in [0.15, 0.2) is 30.3 Å². The molecule has 0 unspecified atom stereocenters. The maximum absolute atomic E-state index is 7.83. The van der Waals surface area contributed by atoms with E-state index in [1.54, 1.807) is 6.07 Å². The molecule has 0 aliphatic carbocycles. The third-order valence-electron chi connectivity index (χ3n) is 3.31. The van der Waals surface area contributed by atoms with Gasteiger partial charge in [0.25, 0.3) is 0 Å². The van der Waals surface area contributed by atoms with Crippen LogP contribution in [0.5, 0.6) is 0 Å².